The third kappa shape index (κ3) is 5.46. The molecule has 0 aromatic rings. The lowest BCUT2D eigenvalue weighted by Gasteiger charge is -2.24. The molecule has 2 saturated heterocycles. The Labute approximate surface area is 164 Å². The molecule has 1 aliphatic carbocycles. The van der Waals surface area contributed by atoms with Gasteiger partial charge in [-0.05, 0) is 58.0 Å². The molecule has 3 aliphatic rings. The Balaban J connectivity index is 0.00000208. The Morgan fingerprint density at radius 3 is 2.58 bits per heavy atom. The number of nitrogens with zero attached hydrogens (tertiary/aromatic N) is 3. The molecule has 24 heavy (non-hydrogen) atoms. The average Bonchev–Trinajstić information content (AvgIpc) is 3.27. The van der Waals surface area contributed by atoms with E-state index in [2.05, 4.69) is 22.0 Å². The molecule has 2 heterocycles. The summed E-state index contributed by atoms with van der Waals surface area (Å²) < 4.78 is 0. The Kier molecular flexibility index (Phi) is 8.57. The molecule has 6 heteroatoms. The third-order valence-corrected chi connectivity index (χ3v) is 5.73. The second-order valence-electron chi connectivity index (χ2n) is 7.56. The highest BCUT2D eigenvalue weighted by molar-refractivity contribution is 14.0. The quantitative estimate of drug-likeness (QED) is 0.383. The first-order valence-electron chi connectivity index (χ1n) is 9.70. The van der Waals surface area contributed by atoms with Crippen LogP contribution in [0.1, 0.15) is 45.4 Å². The molecule has 3 atom stereocenters. The average molecular weight is 450 g/mol. The largest absolute Gasteiger partial charge is 0.393 e. The number of rotatable bonds is 5. The summed E-state index contributed by atoms with van der Waals surface area (Å²) in [5, 5.41) is 13.4. The molecule has 2 aliphatic heterocycles. The van der Waals surface area contributed by atoms with Crippen LogP contribution in [0.4, 0.5) is 0 Å². The molecule has 3 fully saturated rings. The maximum Gasteiger partial charge on any atom is 0.193 e. The molecule has 1 saturated carbocycles. The summed E-state index contributed by atoms with van der Waals surface area (Å²) in [6.45, 7) is 9.94. The Morgan fingerprint density at radius 1 is 1.12 bits per heavy atom. The van der Waals surface area contributed by atoms with Gasteiger partial charge in [0.1, 0.15) is 0 Å². The molecule has 0 aromatic carbocycles. The summed E-state index contributed by atoms with van der Waals surface area (Å²) in [7, 11) is 0. The van der Waals surface area contributed by atoms with Crippen molar-refractivity contribution in [2.45, 2.75) is 51.6 Å². The van der Waals surface area contributed by atoms with Crippen LogP contribution in [-0.2, 0) is 0 Å². The normalized spacial score (nSPS) is 31.5. The topological polar surface area (TPSA) is 51.1 Å². The molecular formula is C18H35IN4O. The minimum atomic E-state index is -0.136. The van der Waals surface area contributed by atoms with Crippen LogP contribution in [0.2, 0.25) is 0 Å². The summed E-state index contributed by atoms with van der Waals surface area (Å²) in [6.07, 6.45) is 7.14. The van der Waals surface area contributed by atoms with Gasteiger partial charge in [0.05, 0.1) is 6.10 Å². The van der Waals surface area contributed by atoms with Crippen LogP contribution in [-0.4, -0.2) is 72.8 Å². The molecule has 0 bridgehead atoms. The fourth-order valence-electron chi connectivity index (χ4n) is 4.36. The molecule has 5 nitrogen and oxygen atoms in total. The maximum absolute atomic E-state index is 9.99. The van der Waals surface area contributed by atoms with Crippen LogP contribution in [0, 0.1) is 11.8 Å². The van der Waals surface area contributed by atoms with Crippen LogP contribution in [0.3, 0.4) is 0 Å². The zero-order chi connectivity index (χ0) is 16.1. The number of hydrogen-bond donors (Lipinski definition) is 2. The zero-order valence-corrected chi connectivity index (χ0v) is 17.5. The first-order chi connectivity index (χ1) is 11.3. The smallest absolute Gasteiger partial charge is 0.193 e. The van der Waals surface area contributed by atoms with Crippen LogP contribution in [0.25, 0.3) is 0 Å². The van der Waals surface area contributed by atoms with Crippen LogP contribution >= 0.6 is 24.0 Å². The molecule has 0 radical (unpaired) electrons. The van der Waals surface area contributed by atoms with E-state index in [1.54, 1.807) is 0 Å². The minimum Gasteiger partial charge on any atom is -0.393 e. The molecule has 2 N–H and O–H groups in total. The first kappa shape index (κ1) is 20.2. The second-order valence-corrected chi connectivity index (χ2v) is 7.56. The zero-order valence-electron chi connectivity index (χ0n) is 15.1. The van der Waals surface area contributed by atoms with Gasteiger partial charge in [-0.1, -0.05) is 6.42 Å². The summed E-state index contributed by atoms with van der Waals surface area (Å²) in [6, 6.07) is 0. The predicted molar refractivity (Wildman–Crippen MR) is 110 cm³/mol. The number of likely N-dealkylation sites (tertiary alicyclic amines) is 2. The van der Waals surface area contributed by atoms with Crippen LogP contribution in [0.5, 0.6) is 0 Å². The Hall–Kier alpha value is -0.0800. The highest BCUT2D eigenvalue weighted by atomic mass is 127. The van der Waals surface area contributed by atoms with E-state index in [1.807, 2.05) is 0 Å². The highest BCUT2D eigenvalue weighted by Crippen LogP contribution is 2.26. The van der Waals surface area contributed by atoms with Gasteiger partial charge in [0.25, 0.3) is 0 Å². The van der Waals surface area contributed by atoms with Gasteiger partial charge in [-0.25, -0.2) is 0 Å². The Morgan fingerprint density at radius 2 is 1.92 bits per heavy atom. The van der Waals surface area contributed by atoms with Crippen molar-refractivity contribution in [3.63, 3.8) is 0 Å². The number of aliphatic hydroxyl groups excluding tert-OH is 1. The summed E-state index contributed by atoms with van der Waals surface area (Å²) in [4.78, 5) is 9.92. The van der Waals surface area contributed by atoms with E-state index in [4.69, 9.17) is 4.99 Å². The van der Waals surface area contributed by atoms with Crippen molar-refractivity contribution in [3.8, 4) is 0 Å². The van der Waals surface area contributed by atoms with Gasteiger partial charge in [-0.2, -0.15) is 0 Å². The Bertz CT molecular complexity index is 400. The molecule has 140 valence electrons. The van der Waals surface area contributed by atoms with Crippen molar-refractivity contribution >= 4 is 29.9 Å². The number of guanidine groups is 1. The van der Waals surface area contributed by atoms with Gasteiger partial charge < -0.3 is 20.2 Å². The van der Waals surface area contributed by atoms with Gasteiger partial charge in [0.2, 0.25) is 0 Å². The summed E-state index contributed by atoms with van der Waals surface area (Å²) in [5.74, 6) is 2.22. The van der Waals surface area contributed by atoms with E-state index in [-0.39, 0.29) is 30.1 Å². The predicted octanol–water partition coefficient (Wildman–Crippen LogP) is 2.15. The van der Waals surface area contributed by atoms with E-state index >= 15 is 0 Å². The third-order valence-electron chi connectivity index (χ3n) is 5.73. The number of hydrogen-bond acceptors (Lipinski definition) is 3. The van der Waals surface area contributed by atoms with Crippen molar-refractivity contribution in [2.24, 2.45) is 16.8 Å². The molecule has 0 amide bonds. The monoisotopic (exact) mass is 450 g/mol. The number of aliphatic imine (C=N–C) groups is 1. The van der Waals surface area contributed by atoms with Crippen molar-refractivity contribution in [1.82, 2.24) is 15.1 Å². The number of aliphatic hydroxyl groups is 1. The van der Waals surface area contributed by atoms with Crippen molar-refractivity contribution < 1.29 is 5.11 Å². The van der Waals surface area contributed by atoms with Gasteiger partial charge in [0.15, 0.2) is 5.96 Å². The highest BCUT2D eigenvalue weighted by Gasteiger charge is 2.28. The lowest BCUT2D eigenvalue weighted by Crippen LogP contribution is -2.41. The standard InChI is InChI=1S/C18H34N4O.HI/c1-2-19-18(20-12-16-6-5-7-17(16)23)22-11-8-15(14-22)13-21-9-3-4-10-21;/h15-17,23H,2-14H2,1H3,(H,19,20);1H. The van der Waals surface area contributed by atoms with Crippen LogP contribution < -0.4 is 5.32 Å². The van der Waals surface area contributed by atoms with Crippen molar-refractivity contribution in [3.05, 3.63) is 0 Å². The molecule has 0 spiro atoms. The van der Waals surface area contributed by atoms with E-state index < -0.39 is 0 Å². The lowest BCUT2D eigenvalue weighted by atomic mass is 10.1. The summed E-state index contributed by atoms with van der Waals surface area (Å²) in [5.41, 5.74) is 0. The SMILES string of the molecule is CCNC(=NCC1CCCC1O)N1CCC(CN2CCCC2)C1.I. The van der Waals surface area contributed by atoms with E-state index in [0.717, 1.165) is 57.3 Å². The van der Waals surface area contributed by atoms with Crippen molar-refractivity contribution in [2.75, 3.05) is 45.8 Å². The molecular weight excluding hydrogens is 415 g/mol. The van der Waals surface area contributed by atoms with E-state index in [1.165, 1.54) is 38.9 Å². The minimum absolute atomic E-state index is 0. The number of halogens is 1. The molecule has 0 aromatic heterocycles. The fraction of sp³-hybridized carbons (Fsp3) is 0.944. The molecule has 3 rings (SSSR count). The fourth-order valence-corrected chi connectivity index (χ4v) is 4.36. The van der Waals surface area contributed by atoms with E-state index in [0.29, 0.717) is 5.92 Å². The van der Waals surface area contributed by atoms with E-state index in [9.17, 15) is 5.11 Å². The lowest BCUT2D eigenvalue weighted by molar-refractivity contribution is 0.136. The van der Waals surface area contributed by atoms with Gasteiger partial charge >= 0.3 is 0 Å². The number of nitrogens with one attached hydrogen (secondary N) is 1. The van der Waals surface area contributed by atoms with Gasteiger partial charge in [-0.3, -0.25) is 4.99 Å². The van der Waals surface area contributed by atoms with Gasteiger partial charge in [-0.15, -0.1) is 24.0 Å². The van der Waals surface area contributed by atoms with Crippen LogP contribution in [0.15, 0.2) is 4.99 Å². The molecule has 3 unspecified atom stereocenters. The van der Waals surface area contributed by atoms with Crippen molar-refractivity contribution in [1.29, 1.82) is 0 Å². The first-order valence-corrected chi connectivity index (χ1v) is 9.70. The second kappa shape index (κ2) is 10.2. The van der Waals surface area contributed by atoms with Gasteiger partial charge in [0, 0.05) is 38.6 Å². The summed E-state index contributed by atoms with van der Waals surface area (Å²) >= 11 is 0. The maximum atomic E-state index is 9.99.